The SMILES string of the molecule is CCCc1c(N)cnn1-c1cc(C)ccn1. The van der Waals surface area contributed by atoms with Gasteiger partial charge in [0.1, 0.15) is 0 Å². The number of nitrogens with two attached hydrogens (primary N) is 1. The Morgan fingerprint density at radius 3 is 2.94 bits per heavy atom. The highest BCUT2D eigenvalue weighted by molar-refractivity contribution is 5.44. The maximum absolute atomic E-state index is 5.89. The van der Waals surface area contributed by atoms with E-state index in [2.05, 4.69) is 17.0 Å². The Morgan fingerprint density at radius 1 is 1.44 bits per heavy atom. The largest absolute Gasteiger partial charge is 0.396 e. The molecule has 0 saturated heterocycles. The normalized spacial score (nSPS) is 10.6. The van der Waals surface area contributed by atoms with Gasteiger partial charge in [0, 0.05) is 6.20 Å². The zero-order chi connectivity index (χ0) is 11.5. The van der Waals surface area contributed by atoms with Gasteiger partial charge < -0.3 is 5.73 Å². The second-order valence-electron chi connectivity index (χ2n) is 3.90. The number of rotatable bonds is 3. The van der Waals surface area contributed by atoms with Crippen LogP contribution in [0.4, 0.5) is 5.69 Å². The molecule has 0 aliphatic heterocycles. The molecular formula is C12H16N4. The fourth-order valence-corrected chi connectivity index (χ4v) is 1.71. The van der Waals surface area contributed by atoms with E-state index in [1.54, 1.807) is 12.4 Å². The Balaban J connectivity index is 2.47. The van der Waals surface area contributed by atoms with Crippen molar-refractivity contribution in [2.75, 3.05) is 5.73 Å². The number of pyridine rings is 1. The molecule has 0 aliphatic rings. The van der Waals surface area contributed by atoms with Crippen LogP contribution in [0.3, 0.4) is 0 Å². The van der Waals surface area contributed by atoms with Gasteiger partial charge in [0.05, 0.1) is 17.6 Å². The minimum absolute atomic E-state index is 0.741. The first kappa shape index (κ1) is 10.7. The zero-order valence-corrected chi connectivity index (χ0v) is 9.64. The van der Waals surface area contributed by atoms with Crippen LogP contribution in [0.2, 0.25) is 0 Å². The molecule has 4 heteroatoms. The summed E-state index contributed by atoms with van der Waals surface area (Å²) in [5.41, 5.74) is 8.84. The number of nitrogens with zero attached hydrogens (tertiary/aromatic N) is 3. The third-order valence-electron chi connectivity index (χ3n) is 2.51. The van der Waals surface area contributed by atoms with E-state index in [1.165, 1.54) is 5.56 Å². The van der Waals surface area contributed by atoms with Crippen molar-refractivity contribution in [1.29, 1.82) is 0 Å². The van der Waals surface area contributed by atoms with Gasteiger partial charge in [-0.25, -0.2) is 9.67 Å². The van der Waals surface area contributed by atoms with E-state index in [1.807, 2.05) is 23.7 Å². The number of anilines is 1. The van der Waals surface area contributed by atoms with Gasteiger partial charge in [-0.1, -0.05) is 13.3 Å². The van der Waals surface area contributed by atoms with Crippen molar-refractivity contribution in [3.63, 3.8) is 0 Å². The number of hydrogen-bond acceptors (Lipinski definition) is 3. The van der Waals surface area contributed by atoms with Crippen molar-refractivity contribution >= 4 is 5.69 Å². The predicted molar refractivity (Wildman–Crippen MR) is 64.5 cm³/mol. The molecule has 0 aromatic carbocycles. The van der Waals surface area contributed by atoms with E-state index in [0.29, 0.717) is 0 Å². The lowest BCUT2D eigenvalue weighted by atomic mass is 10.2. The molecule has 0 aliphatic carbocycles. The molecule has 84 valence electrons. The summed E-state index contributed by atoms with van der Waals surface area (Å²) in [4.78, 5) is 4.31. The summed E-state index contributed by atoms with van der Waals surface area (Å²) in [5, 5.41) is 4.27. The lowest BCUT2D eigenvalue weighted by Crippen LogP contribution is -2.05. The average molecular weight is 216 g/mol. The van der Waals surface area contributed by atoms with Gasteiger partial charge >= 0.3 is 0 Å². The van der Waals surface area contributed by atoms with Crippen LogP contribution >= 0.6 is 0 Å². The summed E-state index contributed by atoms with van der Waals surface area (Å²) < 4.78 is 1.83. The average Bonchev–Trinajstić information content (AvgIpc) is 2.61. The summed E-state index contributed by atoms with van der Waals surface area (Å²) in [6.07, 6.45) is 5.44. The molecule has 0 bridgehead atoms. The van der Waals surface area contributed by atoms with Crippen molar-refractivity contribution in [3.05, 3.63) is 35.8 Å². The van der Waals surface area contributed by atoms with Crippen LogP contribution < -0.4 is 5.73 Å². The molecule has 16 heavy (non-hydrogen) atoms. The van der Waals surface area contributed by atoms with Crippen molar-refractivity contribution < 1.29 is 0 Å². The van der Waals surface area contributed by atoms with Gasteiger partial charge in [-0.3, -0.25) is 0 Å². The summed E-state index contributed by atoms with van der Waals surface area (Å²) in [6.45, 7) is 4.16. The number of aryl methyl sites for hydroxylation is 1. The maximum Gasteiger partial charge on any atom is 0.153 e. The van der Waals surface area contributed by atoms with Crippen LogP contribution in [0.25, 0.3) is 5.82 Å². The monoisotopic (exact) mass is 216 g/mol. The lowest BCUT2D eigenvalue weighted by Gasteiger charge is -2.06. The minimum Gasteiger partial charge on any atom is -0.396 e. The summed E-state index contributed by atoms with van der Waals surface area (Å²) in [7, 11) is 0. The second kappa shape index (κ2) is 4.35. The number of aromatic nitrogens is 3. The number of nitrogen functional groups attached to an aromatic ring is 1. The minimum atomic E-state index is 0.741. The Kier molecular flexibility index (Phi) is 2.90. The molecule has 0 spiro atoms. The topological polar surface area (TPSA) is 56.7 Å². The molecule has 0 amide bonds. The van der Waals surface area contributed by atoms with E-state index in [0.717, 1.165) is 30.0 Å². The Morgan fingerprint density at radius 2 is 2.25 bits per heavy atom. The van der Waals surface area contributed by atoms with E-state index in [9.17, 15) is 0 Å². The molecular weight excluding hydrogens is 200 g/mol. The molecule has 2 rings (SSSR count). The molecule has 0 atom stereocenters. The van der Waals surface area contributed by atoms with Gasteiger partial charge in [-0.15, -0.1) is 0 Å². The van der Waals surface area contributed by atoms with E-state index >= 15 is 0 Å². The fraction of sp³-hybridized carbons (Fsp3) is 0.333. The fourth-order valence-electron chi connectivity index (χ4n) is 1.71. The lowest BCUT2D eigenvalue weighted by molar-refractivity contribution is 0.758. The Bertz CT molecular complexity index is 488. The third kappa shape index (κ3) is 1.91. The molecule has 0 radical (unpaired) electrons. The number of hydrogen-bond donors (Lipinski definition) is 1. The highest BCUT2D eigenvalue weighted by Crippen LogP contribution is 2.17. The van der Waals surface area contributed by atoms with Crippen molar-refractivity contribution in [1.82, 2.24) is 14.8 Å². The van der Waals surface area contributed by atoms with E-state index < -0.39 is 0 Å². The Hall–Kier alpha value is -1.84. The van der Waals surface area contributed by atoms with Gasteiger partial charge in [-0.2, -0.15) is 5.10 Å². The van der Waals surface area contributed by atoms with Crippen LogP contribution in [-0.4, -0.2) is 14.8 Å². The van der Waals surface area contributed by atoms with E-state index in [4.69, 9.17) is 5.73 Å². The molecule has 2 aromatic rings. The summed E-state index contributed by atoms with van der Waals surface area (Å²) >= 11 is 0. The van der Waals surface area contributed by atoms with Crippen LogP contribution in [0.5, 0.6) is 0 Å². The zero-order valence-electron chi connectivity index (χ0n) is 9.64. The Labute approximate surface area is 95.1 Å². The van der Waals surface area contributed by atoms with Crippen LogP contribution in [0.1, 0.15) is 24.6 Å². The van der Waals surface area contributed by atoms with Gasteiger partial charge in [0.2, 0.25) is 0 Å². The maximum atomic E-state index is 5.89. The second-order valence-corrected chi connectivity index (χ2v) is 3.90. The first-order chi connectivity index (χ1) is 7.72. The van der Waals surface area contributed by atoms with Gasteiger partial charge in [-0.05, 0) is 31.0 Å². The summed E-state index contributed by atoms with van der Waals surface area (Å²) in [6, 6.07) is 3.97. The standard InChI is InChI=1S/C12H16N4/c1-3-4-11-10(13)8-15-16(11)12-7-9(2)5-6-14-12/h5-8H,3-4,13H2,1-2H3. The molecule has 2 N–H and O–H groups in total. The highest BCUT2D eigenvalue weighted by Gasteiger charge is 2.09. The van der Waals surface area contributed by atoms with Crippen LogP contribution in [-0.2, 0) is 6.42 Å². The van der Waals surface area contributed by atoms with Gasteiger partial charge in [0.25, 0.3) is 0 Å². The first-order valence-electron chi connectivity index (χ1n) is 5.47. The smallest absolute Gasteiger partial charge is 0.153 e. The molecule has 2 heterocycles. The van der Waals surface area contributed by atoms with Crippen molar-refractivity contribution in [3.8, 4) is 5.82 Å². The predicted octanol–water partition coefficient (Wildman–Crippen LogP) is 2.11. The van der Waals surface area contributed by atoms with Crippen molar-refractivity contribution in [2.45, 2.75) is 26.7 Å². The van der Waals surface area contributed by atoms with Crippen LogP contribution in [0, 0.1) is 6.92 Å². The van der Waals surface area contributed by atoms with E-state index in [-0.39, 0.29) is 0 Å². The third-order valence-corrected chi connectivity index (χ3v) is 2.51. The first-order valence-corrected chi connectivity index (χ1v) is 5.47. The van der Waals surface area contributed by atoms with Crippen molar-refractivity contribution in [2.24, 2.45) is 0 Å². The quantitative estimate of drug-likeness (QED) is 0.854. The summed E-state index contributed by atoms with van der Waals surface area (Å²) in [5.74, 6) is 0.833. The molecule has 2 aromatic heterocycles. The van der Waals surface area contributed by atoms with Gasteiger partial charge in [0.15, 0.2) is 5.82 Å². The highest BCUT2D eigenvalue weighted by atomic mass is 15.3. The molecule has 0 fully saturated rings. The van der Waals surface area contributed by atoms with Crippen LogP contribution in [0.15, 0.2) is 24.5 Å². The molecule has 0 unspecified atom stereocenters. The molecule has 4 nitrogen and oxygen atoms in total. The molecule has 0 saturated carbocycles.